The van der Waals surface area contributed by atoms with Crippen LogP contribution in [0.1, 0.15) is 23.2 Å². The summed E-state index contributed by atoms with van der Waals surface area (Å²) in [6.07, 6.45) is 3.82. The minimum Gasteiger partial charge on any atom is -0.464 e. The Morgan fingerprint density at radius 3 is 2.83 bits per heavy atom. The van der Waals surface area contributed by atoms with E-state index in [1.165, 1.54) is 6.26 Å². The molecule has 1 aliphatic rings. The van der Waals surface area contributed by atoms with Gasteiger partial charge >= 0.3 is 0 Å². The molecule has 18 heavy (non-hydrogen) atoms. The first-order chi connectivity index (χ1) is 8.84. The molecule has 0 radical (unpaired) electrons. The molecule has 1 aliphatic heterocycles. The molecule has 2 aromatic rings. The van der Waals surface area contributed by atoms with Crippen molar-refractivity contribution < 1.29 is 9.21 Å². The predicted molar refractivity (Wildman–Crippen MR) is 69.1 cm³/mol. The van der Waals surface area contributed by atoms with E-state index in [9.17, 15) is 4.79 Å². The highest BCUT2D eigenvalue weighted by molar-refractivity contribution is 6.15. The second-order valence-electron chi connectivity index (χ2n) is 4.41. The standard InChI is InChI=1S/C15H13NO2/c17-14(7-10-16-8-3-4-9-16)13-11-18-15-6-2-1-5-12(13)15/h1-2,5-6,11H,3-4,8-9H2. The van der Waals surface area contributed by atoms with Crippen molar-refractivity contribution in [1.82, 2.24) is 4.90 Å². The third-order valence-corrected chi connectivity index (χ3v) is 3.16. The van der Waals surface area contributed by atoms with Gasteiger partial charge in [0.15, 0.2) is 0 Å². The zero-order valence-corrected chi connectivity index (χ0v) is 9.98. The molecule has 1 saturated heterocycles. The number of fused-ring (bicyclic) bond motifs is 1. The number of Topliss-reactive ketones (excluding diaryl/α,β-unsaturated/α-hetero) is 1. The van der Waals surface area contributed by atoms with Gasteiger partial charge in [-0.1, -0.05) is 18.2 Å². The van der Waals surface area contributed by atoms with Crippen molar-refractivity contribution in [2.24, 2.45) is 0 Å². The van der Waals surface area contributed by atoms with E-state index < -0.39 is 0 Å². The summed E-state index contributed by atoms with van der Waals surface area (Å²) >= 11 is 0. The first-order valence-electron chi connectivity index (χ1n) is 6.12. The lowest BCUT2D eigenvalue weighted by Gasteiger charge is -2.04. The van der Waals surface area contributed by atoms with Gasteiger partial charge in [0.2, 0.25) is 5.78 Å². The van der Waals surface area contributed by atoms with Crippen molar-refractivity contribution in [1.29, 1.82) is 0 Å². The van der Waals surface area contributed by atoms with Crippen LogP contribution in [0, 0.1) is 12.0 Å². The number of nitrogens with zero attached hydrogens (tertiary/aromatic N) is 1. The maximum absolute atomic E-state index is 12.0. The van der Waals surface area contributed by atoms with Crippen molar-refractivity contribution in [3.8, 4) is 12.0 Å². The van der Waals surface area contributed by atoms with Crippen LogP contribution in [0.5, 0.6) is 0 Å². The number of para-hydroxylation sites is 1. The van der Waals surface area contributed by atoms with E-state index in [1.54, 1.807) is 0 Å². The average Bonchev–Trinajstić information content (AvgIpc) is 3.05. The van der Waals surface area contributed by atoms with Crippen LogP contribution in [0.2, 0.25) is 0 Å². The van der Waals surface area contributed by atoms with Gasteiger partial charge < -0.3 is 9.32 Å². The summed E-state index contributed by atoms with van der Waals surface area (Å²) in [6.45, 7) is 1.93. The molecule has 0 unspecified atom stereocenters. The van der Waals surface area contributed by atoms with Gasteiger partial charge in [-0.2, -0.15) is 0 Å². The molecule has 0 saturated carbocycles. The van der Waals surface area contributed by atoms with Crippen molar-refractivity contribution in [2.45, 2.75) is 12.8 Å². The van der Waals surface area contributed by atoms with Crippen molar-refractivity contribution in [2.75, 3.05) is 13.1 Å². The molecule has 0 bridgehead atoms. The minimum absolute atomic E-state index is 0.174. The molecule has 0 N–H and O–H groups in total. The monoisotopic (exact) mass is 239 g/mol. The Morgan fingerprint density at radius 1 is 1.22 bits per heavy atom. The summed E-state index contributed by atoms with van der Waals surface area (Å²) in [5.74, 6) is 2.52. The smallest absolute Gasteiger partial charge is 0.241 e. The maximum Gasteiger partial charge on any atom is 0.241 e. The highest BCUT2D eigenvalue weighted by Crippen LogP contribution is 2.20. The van der Waals surface area contributed by atoms with Crippen LogP contribution in [-0.4, -0.2) is 23.8 Å². The van der Waals surface area contributed by atoms with Crippen molar-refractivity contribution in [3.63, 3.8) is 0 Å². The van der Waals surface area contributed by atoms with Crippen LogP contribution >= 0.6 is 0 Å². The van der Waals surface area contributed by atoms with E-state index in [1.807, 2.05) is 29.2 Å². The van der Waals surface area contributed by atoms with E-state index in [0.717, 1.165) is 36.9 Å². The fourth-order valence-corrected chi connectivity index (χ4v) is 2.18. The van der Waals surface area contributed by atoms with Crippen LogP contribution in [0.4, 0.5) is 0 Å². The Bertz CT molecular complexity index is 639. The number of rotatable bonds is 1. The third-order valence-electron chi connectivity index (χ3n) is 3.16. The van der Waals surface area contributed by atoms with Crippen LogP contribution in [0.15, 0.2) is 34.9 Å². The molecule has 3 heteroatoms. The third kappa shape index (κ3) is 1.98. The van der Waals surface area contributed by atoms with E-state index in [0.29, 0.717) is 5.56 Å². The summed E-state index contributed by atoms with van der Waals surface area (Å²) in [7, 11) is 0. The molecule has 3 rings (SSSR count). The maximum atomic E-state index is 12.0. The normalized spacial score (nSPS) is 14.6. The average molecular weight is 239 g/mol. The van der Waals surface area contributed by atoms with Gasteiger partial charge in [0.25, 0.3) is 0 Å². The largest absolute Gasteiger partial charge is 0.464 e. The molecule has 90 valence electrons. The Hall–Kier alpha value is -2.21. The fraction of sp³-hybridized carbons (Fsp3) is 0.267. The predicted octanol–water partition coefficient (Wildman–Crippen LogP) is 2.67. The highest BCUT2D eigenvalue weighted by Gasteiger charge is 2.12. The van der Waals surface area contributed by atoms with Gasteiger partial charge in [-0.15, -0.1) is 0 Å². The van der Waals surface area contributed by atoms with E-state index in [4.69, 9.17) is 4.42 Å². The number of furan rings is 1. The Balaban J connectivity index is 1.87. The Morgan fingerprint density at radius 2 is 2.00 bits per heavy atom. The van der Waals surface area contributed by atoms with Crippen molar-refractivity contribution in [3.05, 3.63) is 36.1 Å². The van der Waals surface area contributed by atoms with E-state index in [-0.39, 0.29) is 5.78 Å². The van der Waals surface area contributed by atoms with Gasteiger partial charge in [0.1, 0.15) is 11.8 Å². The summed E-state index contributed by atoms with van der Waals surface area (Å²) in [6, 6.07) is 10.4. The Kier molecular flexibility index (Phi) is 2.77. The lowest BCUT2D eigenvalue weighted by Crippen LogP contribution is -2.12. The molecule has 3 nitrogen and oxygen atoms in total. The summed E-state index contributed by atoms with van der Waals surface area (Å²) in [5, 5.41) is 0.832. The second-order valence-corrected chi connectivity index (χ2v) is 4.41. The molecule has 0 amide bonds. The zero-order chi connectivity index (χ0) is 12.4. The molecule has 1 aromatic carbocycles. The molecule has 1 aromatic heterocycles. The first kappa shape index (κ1) is 10.9. The summed E-state index contributed by atoms with van der Waals surface area (Å²) in [4.78, 5) is 14.0. The van der Waals surface area contributed by atoms with Crippen LogP contribution in [0.25, 0.3) is 11.0 Å². The van der Waals surface area contributed by atoms with Gasteiger partial charge in [-0.3, -0.25) is 4.79 Å². The molecular formula is C15H13NO2. The Labute approximate surface area is 105 Å². The van der Waals surface area contributed by atoms with E-state index >= 15 is 0 Å². The van der Waals surface area contributed by atoms with Gasteiger partial charge in [0, 0.05) is 30.4 Å². The number of hydrogen-bond acceptors (Lipinski definition) is 3. The molecule has 1 fully saturated rings. The SMILES string of the molecule is O=C(C#CN1CCCC1)c1coc2ccccc12. The molecule has 0 atom stereocenters. The second kappa shape index (κ2) is 4.58. The summed E-state index contributed by atoms with van der Waals surface area (Å²) in [5.41, 5.74) is 1.28. The highest BCUT2D eigenvalue weighted by atomic mass is 16.3. The number of hydrogen-bond donors (Lipinski definition) is 0. The van der Waals surface area contributed by atoms with Crippen molar-refractivity contribution >= 4 is 16.8 Å². The number of ketones is 1. The molecular weight excluding hydrogens is 226 g/mol. The lowest BCUT2D eigenvalue weighted by molar-refractivity contribution is 0.105. The number of benzene rings is 1. The summed E-state index contributed by atoms with van der Waals surface area (Å²) < 4.78 is 5.34. The fourth-order valence-electron chi connectivity index (χ4n) is 2.18. The number of carbonyl (C=O) groups is 1. The van der Waals surface area contributed by atoms with Crippen LogP contribution < -0.4 is 0 Å². The van der Waals surface area contributed by atoms with Crippen LogP contribution in [-0.2, 0) is 0 Å². The van der Waals surface area contributed by atoms with E-state index in [2.05, 4.69) is 12.0 Å². The minimum atomic E-state index is -0.174. The lowest BCUT2D eigenvalue weighted by atomic mass is 10.1. The molecule has 0 aliphatic carbocycles. The zero-order valence-electron chi connectivity index (χ0n) is 9.98. The quantitative estimate of drug-likeness (QED) is 0.566. The van der Waals surface area contributed by atoms with Gasteiger partial charge in [-0.05, 0) is 18.9 Å². The number of carbonyl (C=O) groups excluding carboxylic acids is 1. The van der Waals surface area contributed by atoms with Crippen LogP contribution in [0.3, 0.4) is 0 Å². The van der Waals surface area contributed by atoms with Gasteiger partial charge in [0.05, 0.1) is 5.56 Å². The number of likely N-dealkylation sites (tertiary alicyclic amines) is 1. The van der Waals surface area contributed by atoms with Gasteiger partial charge in [-0.25, -0.2) is 0 Å². The topological polar surface area (TPSA) is 33.5 Å². The molecule has 0 spiro atoms. The molecule has 2 heterocycles. The first-order valence-corrected chi connectivity index (χ1v) is 6.12.